The lowest BCUT2D eigenvalue weighted by Gasteiger charge is -2.14. The van der Waals surface area contributed by atoms with Gasteiger partial charge in [-0.3, -0.25) is 0 Å². The van der Waals surface area contributed by atoms with Crippen LogP contribution in [0.5, 0.6) is 0 Å². The molecule has 11 aromatic rings. The van der Waals surface area contributed by atoms with Gasteiger partial charge in [-0.05, 0) is 90.7 Å². The molecule has 0 radical (unpaired) electrons. The van der Waals surface area contributed by atoms with Crippen LogP contribution >= 0.6 is 0 Å². The molecule has 8 aromatic carbocycles. The molecule has 0 aliphatic rings. The van der Waals surface area contributed by atoms with Gasteiger partial charge in [0, 0.05) is 50.5 Å². The van der Waals surface area contributed by atoms with Crippen LogP contribution in [-0.4, -0.2) is 19.1 Å². The SMILES string of the molecule is C/C=C\C.C=C/C(=C\C(=C/Cc1nc(-c2cccc(-c3ccccc3)c2)cc(-c2cccc(-c3ccccc3)c2)n1)n1c2ccccc2c2ccccc21)n1c2ccccc2c2ccccc21. The van der Waals surface area contributed by atoms with Gasteiger partial charge in [0.05, 0.1) is 33.5 Å². The van der Waals surface area contributed by atoms with Gasteiger partial charge in [-0.1, -0.05) is 195 Å². The molecule has 322 valence electrons. The predicted octanol–water partition coefficient (Wildman–Crippen LogP) is 16.8. The van der Waals surface area contributed by atoms with Crippen LogP contribution in [0.2, 0.25) is 0 Å². The molecule has 0 aliphatic heterocycles. The van der Waals surface area contributed by atoms with Crippen LogP contribution in [-0.2, 0) is 6.42 Å². The molecule has 0 saturated carbocycles. The molecule has 0 unspecified atom stereocenters. The number of hydrogen-bond donors (Lipinski definition) is 0. The van der Waals surface area contributed by atoms with Crippen LogP contribution in [0.4, 0.5) is 0 Å². The number of fused-ring (bicyclic) bond motifs is 6. The molecule has 4 nitrogen and oxygen atoms in total. The van der Waals surface area contributed by atoms with Crippen LogP contribution in [0, 0.1) is 0 Å². The van der Waals surface area contributed by atoms with Gasteiger partial charge < -0.3 is 9.13 Å². The fraction of sp³-hybridized carbons (Fsp3) is 0.0476. The predicted molar refractivity (Wildman–Crippen MR) is 286 cm³/mol. The highest BCUT2D eigenvalue weighted by Crippen LogP contribution is 2.37. The monoisotopic (exact) mass is 862 g/mol. The molecule has 0 saturated heterocycles. The largest absolute Gasteiger partial charge is 0.309 e. The van der Waals surface area contributed by atoms with Crippen LogP contribution in [0.15, 0.2) is 249 Å². The first-order chi connectivity index (χ1) is 33.1. The van der Waals surface area contributed by atoms with E-state index >= 15 is 0 Å². The lowest BCUT2D eigenvalue weighted by atomic mass is 9.99. The summed E-state index contributed by atoms with van der Waals surface area (Å²) in [5, 5.41) is 4.80. The van der Waals surface area contributed by atoms with E-state index in [0.717, 1.165) is 84.1 Å². The second-order valence-electron chi connectivity index (χ2n) is 16.5. The third kappa shape index (κ3) is 8.57. The molecule has 0 amide bonds. The van der Waals surface area contributed by atoms with E-state index in [1.807, 2.05) is 32.1 Å². The minimum absolute atomic E-state index is 0.474. The average molecular weight is 863 g/mol. The minimum atomic E-state index is 0.474. The van der Waals surface area contributed by atoms with Crippen LogP contribution < -0.4 is 0 Å². The Morgan fingerprint density at radius 2 is 0.761 bits per heavy atom. The normalized spacial score (nSPS) is 12.0. The zero-order valence-electron chi connectivity index (χ0n) is 37.8. The zero-order valence-corrected chi connectivity index (χ0v) is 37.8. The summed E-state index contributed by atoms with van der Waals surface area (Å²) in [7, 11) is 0. The van der Waals surface area contributed by atoms with Crippen molar-refractivity contribution in [2.45, 2.75) is 20.3 Å². The van der Waals surface area contributed by atoms with Crippen molar-refractivity contribution in [2.75, 3.05) is 0 Å². The molecule has 0 fully saturated rings. The molecule has 67 heavy (non-hydrogen) atoms. The molecule has 0 spiro atoms. The van der Waals surface area contributed by atoms with E-state index in [-0.39, 0.29) is 0 Å². The van der Waals surface area contributed by atoms with E-state index < -0.39 is 0 Å². The molecule has 3 heterocycles. The van der Waals surface area contributed by atoms with Crippen molar-refractivity contribution in [3.05, 3.63) is 255 Å². The standard InChI is InChI=1S/C59H42N4.C4H8/c1-2-47(62-55-31-13-9-27-49(55)50-28-10-14-32-56(50)62)39-48(63-57-33-15-11-29-51(57)52-30-12-16-34-58(52)63)35-36-59-60-53(45-25-17-23-43(37-45)41-19-5-3-6-20-41)40-54(61-59)46-26-18-24-44(38-46)42-21-7-4-8-22-42;1-3-4-2/h2-35,37-40H,1,36H2;3-4H,1-2H3/b47-39+,48-35+;4-3-. The Kier molecular flexibility index (Phi) is 12.2. The number of para-hydroxylation sites is 4. The summed E-state index contributed by atoms with van der Waals surface area (Å²) in [5.41, 5.74) is 14.9. The molecule has 3 aromatic heterocycles. The van der Waals surface area contributed by atoms with Gasteiger partial charge in [0.1, 0.15) is 5.82 Å². The average Bonchev–Trinajstić information content (AvgIpc) is 3.92. The Balaban J connectivity index is 0.00000126. The van der Waals surface area contributed by atoms with E-state index in [2.05, 4.69) is 240 Å². The van der Waals surface area contributed by atoms with Crippen molar-refractivity contribution in [2.24, 2.45) is 0 Å². The first-order valence-corrected chi connectivity index (χ1v) is 22.9. The number of hydrogen-bond acceptors (Lipinski definition) is 2. The third-order valence-corrected chi connectivity index (χ3v) is 12.3. The maximum absolute atomic E-state index is 5.34. The summed E-state index contributed by atoms with van der Waals surface area (Å²) in [6.07, 6.45) is 11.0. The quantitative estimate of drug-likeness (QED) is 0.101. The molecule has 0 aliphatic carbocycles. The second-order valence-corrected chi connectivity index (χ2v) is 16.5. The summed E-state index contributed by atoms with van der Waals surface area (Å²) < 4.78 is 4.70. The van der Waals surface area contributed by atoms with Gasteiger partial charge in [-0.2, -0.15) is 0 Å². The molecular weight excluding hydrogens is 813 g/mol. The van der Waals surface area contributed by atoms with Crippen LogP contribution in [0.3, 0.4) is 0 Å². The summed E-state index contributed by atoms with van der Waals surface area (Å²) in [6.45, 7) is 8.41. The Hall–Kier alpha value is -8.60. The van der Waals surface area contributed by atoms with Crippen LogP contribution in [0.1, 0.15) is 19.7 Å². The van der Waals surface area contributed by atoms with Gasteiger partial charge in [0.15, 0.2) is 0 Å². The number of aromatic nitrogens is 4. The van der Waals surface area contributed by atoms with E-state index in [4.69, 9.17) is 9.97 Å². The van der Waals surface area contributed by atoms with E-state index in [9.17, 15) is 0 Å². The summed E-state index contributed by atoms with van der Waals surface area (Å²) >= 11 is 0. The van der Waals surface area contributed by atoms with Gasteiger partial charge in [0.2, 0.25) is 0 Å². The fourth-order valence-electron chi connectivity index (χ4n) is 9.04. The molecular formula is C63H50N4. The lowest BCUT2D eigenvalue weighted by Crippen LogP contribution is -2.02. The van der Waals surface area contributed by atoms with E-state index in [0.29, 0.717) is 6.42 Å². The minimum Gasteiger partial charge on any atom is -0.309 e. The van der Waals surface area contributed by atoms with Gasteiger partial charge in [-0.25, -0.2) is 9.97 Å². The smallest absolute Gasteiger partial charge is 0.133 e. The van der Waals surface area contributed by atoms with Crippen molar-refractivity contribution in [1.82, 2.24) is 19.1 Å². The Morgan fingerprint density at radius 1 is 0.403 bits per heavy atom. The van der Waals surface area contributed by atoms with Gasteiger partial charge in [0.25, 0.3) is 0 Å². The fourth-order valence-corrected chi connectivity index (χ4v) is 9.04. The maximum atomic E-state index is 5.34. The first-order valence-electron chi connectivity index (χ1n) is 22.9. The third-order valence-electron chi connectivity index (χ3n) is 12.3. The van der Waals surface area contributed by atoms with E-state index in [1.165, 1.54) is 21.5 Å². The number of allylic oxidation sites excluding steroid dienone is 7. The summed E-state index contributed by atoms with van der Waals surface area (Å²) in [6, 6.07) is 75.0. The van der Waals surface area contributed by atoms with Gasteiger partial charge in [-0.15, -0.1) is 0 Å². The lowest BCUT2D eigenvalue weighted by molar-refractivity contribution is 0.994. The second kappa shape index (κ2) is 19.2. The highest BCUT2D eigenvalue weighted by Gasteiger charge is 2.17. The number of nitrogens with zero attached hydrogens (tertiary/aromatic N) is 4. The van der Waals surface area contributed by atoms with Crippen molar-refractivity contribution in [1.29, 1.82) is 0 Å². The Labute approximate surface area is 392 Å². The maximum Gasteiger partial charge on any atom is 0.133 e. The topological polar surface area (TPSA) is 35.6 Å². The van der Waals surface area contributed by atoms with Crippen molar-refractivity contribution in [3.8, 4) is 44.8 Å². The zero-order chi connectivity index (χ0) is 45.5. The Morgan fingerprint density at radius 3 is 1.16 bits per heavy atom. The molecule has 11 rings (SSSR count). The number of benzene rings is 8. The molecule has 0 N–H and O–H groups in total. The van der Waals surface area contributed by atoms with Crippen molar-refractivity contribution >= 4 is 55.0 Å². The van der Waals surface area contributed by atoms with Crippen LogP contribution in [0.25, 0.3) is 99.8 Å². The summed E-state index contributed by atoms with van der Waals surface area (Å²) in [5.74, 6) is 0.724. The summed E-state index contributed by atoms with van der Waals surface area (Å²) in [4.78, 5) is 10.7. The van der Waals surface area contributed by atoms with E-state index in [1.54, 1.807) is 0 Å². The van der Waals surface area contributed by atoms with Crippen molar-refractivity contribution < 1.29 is 0 Å². The highest BCUT2D eigenvalue weighted by atomic mass is 15.0. The Bertz CT molecular complexity index is 3430. The number of rotatable bonds is 10. The molecule has 0 atom stereocenters. The molecule has 0 bridgehead atoms. The molecule has 4 heteroatoms. The van der Waals surface area contributed by atoms with Gasteiger partial charge >= 0.3 is 0 Å². The van der Waals surface area contributed by atoms with Crippen molar-refractivity contribution in [3.63, 3.8) is 0 Å². The first kappa shape index (κ1) is 42.4. The highest BCUT2D eigenvalue weighted by molar-refractivity contribution is 6.12.